The van der Waals surface area contributed by atoms with Crippen LogP contribution in [0.25, 0.3) is 6.08 Å². The molecular weight excluding hydrogens is 388 g/mol. The second kappa shape index (κ2) is 7.85. The Hall–Kier alpha value is -2.78. The summed E-state index contributed by atoms with van der Waals surface area (Å²) in [6, 6.07) is 8.42. The fourth-order valence-electron chi connectivity index (χ4n) is 2.74. The molecule has 9 heteroatoms. The Morgan fingerprint density at radius 3 is 2.63 bits per heavy atom. The van der Waals surface area contributed by atoms with E-state index in [0.717, 1.165) is 22.2 Å². The van der Waals surface area contributed by atoms with E-state index in [9.17, 15) is 19.2 Å². The smallest absolute Gasteiger partial charge is 0.323 e. The van der Waals surface area contributed by atoms with Crippen molar-refractivity contribution in [3.05, 3.63) is 53.0 Å². The van der Waals surface area contributed by atoms with Crippen LogP contribution in [0, 0.1) is 0 Å². The Bertz CT molecular complexity index is 894. The number of rotatable bonds is 5. The fraction of sp³-hybridized carbons (Fsp3) is 0.167. The van der Waals surface area contributed by atoms with Gasteiger partial charge in [0.15, 0.2) is 0 Å². The highest BCUT2D eigenvalue weighted by molar-refractivity contribution is 8.26. The molecule has 1 aromatic carbocycles. The number of nitrogens with zero attached hydrogens (tertiary/aromatic N) is 2. The molecule has 1 atom stereocenters. The first-order valence-electron chi connectivity index (χ1n) is 7.93. The molecule has 2 aliphatic rings. The zero-order valence-electron chi connectivity index (χ0n) is 13.9. The first-order valence-corrected chi connectivity index (χ1v) is 9.15. The van der Waals surface area contributed by atoms with E-state index < -0.39 is 36.3 Å². The average Bonchev–Trinajstić information content (AvgIpc) is 3.05. The van der Waals surface area contributed by atoms with Gasteiger partial charge in [0.25, 0.3) is 11.8 Å². The van der Waals surface area contributed by atoms with Crippen LogP contribution in [-0.4, -0.2) is 55.5 Å². The molecule has 0 aromatic heterocycles. The molecule has 1 aromatic rings. The number of allylic oxidation sites excluding steroid dienone is 2. The number of thioether (sulfide) groups is 1. The number of carbonyl (C=O) groups is 4. The lowest BCUT2D eigenvalue weighted by Crippen LogP contribution is -2.45. The van der Waals surface area contributed by atoms with Gasteiger partial charge < -0.3 is 5.11 Å². The van der Waals surface area contributed by atoms with Gasteiger partial charge in [0.2, 0.25) is 5.91 Å². The highest BCUT2D eigenvalue weighted by Gasteiger charge is 2.48. The second-order valence-electron chi connectivity index (χ2n) is 5.78. The van der Waals surface area contributed by atoms with Crippen molar-refractivity contribution in [2.45, 2.75) is 12.5 Å². The van der Waals surface area contributed by atoms with E-state index in [1.165, 1.54) is 0 Å². The SMILES string of the molecule is O=C(O)CN1C(=O)C[C@H](N2C(=O)/C(=C/C=C/c3ccccc3)SC2=S)C1=O. The maximum absolute atomic E-state index is 12.6. The van der Waals surface area contributed by atoms with Crippen LogP contribution in [0.3, 0.4) is 0 Å². The van der Waals surface area contributed by atoms with Crippen LogP contribution in [0.4, 0.5) is 0 Å². The number of benzene rings is 1. The van der Waals surface area contributed by atoms with Crippen LogP contribution in [0.2, 0.25) is 0 Å². The highest BCUT2D eigenvalue weighted by atomic mass is 32.2. The summed E-state index contributed by atoms with van der Waals surface area (Å²) >= 11 is 6.24. The molecule has 27 heavy (non-hydrogen) atoms. The molecule has 2 saturated heterocycles. The summed E-state index contributed by atoms with van der Waals surface area (Å²) < 4.78 is 0.169. The van der Waals surface area contributed by atoms with E-state index in [4.69, 9.17) is 17.3 Å². The van der Waals surface area contributed by atoms with Crippen LogP contribution in [0.1, 0.15) is 12.0 Å². The molecule has 3 amide bonds. The Balaban J connectivity index is 1.76. The summed E-state index contributed by atoms with van der Waals surface area (Å²) in [7, 11) is 0. The lowest BCUT2D eigenvalue weighted by atomic mass is 10.2. The van der Waals surface area contributed by atoms with Crippen molar-refractivity contribution in [3.8, 4) is 0 Å². The number of carboxylic acids is 1. The van der Waals surface area contributed by atoms with Gasteiger partial charge >= 0.3 is 5.97 Å². The molecule has 138 valence electrons. The minimum Gasteiger partial charge on any atom is -0.480 e. The molecule has 2 fully saturated rings. The number of amides is 3. The monoisotopic (exact) mass is 402 g/mol. The van der Waals surface area contributed by atoms with Gasteiger partial charge in [-0.05, 0) is 11.6 Å². The van der Waals surface area contributed by atoms with Gasteiger partial charge in [-0.2, -0.15) is 0 Å². The number of thiocarbonyl (C=S) groups is 1. The number of imide groups is 1. The van der Waals surface area contributed by atoms with Crippen LogP contribution < -0.4 is 0 Å². The van der Waals surface area contributed by atoms with Gasteiger partial charge in [-0.15, -0.1) is 0 Å². The molecule has 0 radical (unpaired) electrons. The minimum atomic E-state index is -1.30. The predicted octanol–water partition coefficient (Wildman–Crippen LogP) is 1.66. The number of aliphatic carboxylic acids is 1. The van der Waals surface area contributed by atoms with E-state index >= 15 is 0 Å². The third-order valence-corrected chi connectivity index (χ3v) is 5.33. The first kappa shape index (κ1) is 19.0. The number of likely N-dealkylation sites (tertiary alicyclic amines) is 1. The van der Waals surface area contributed by atoms with Gasteiger partial charge in [0.05, 0.1) is 11.3 Å². The summed E-state index contributed by atoms with van der Waals surface area (Å²) in [5.41, 5.74) is 0.963. The third-order valence-electron chi connectivity index (χ3n) is 3.98. The van der Waals surface area contributed by atoms with Crippen molar-refractivity contribution >= 4 is 58.1 Å². The van der Waals surface area contributed by atoms with Crippen LogP contribution in [0.5, 0.6) is 0 Å². The molecule has 1 N–H and O–H groups in total. The molecule has 0 aliphatic carbocycles. The van der Waals surface area contributed by atoms with E-state index in [2.05, 4.69) is 0 Å². The standard InChI is InChI=1S/C18H14N2O5S2/c21-14-9-12(16(24)19(14)10-15(22)23)20-17(25)13(27-18(20)26)8-4-7-11-5-2-1-3-6-11/h1-8,12H,9-10H2,(H,22,23)/b7-4+,13-8-/t12-/m0/s1. The van der Waals surface area contributed by atoms with Crippen molar-refractivity contribution in [2.24, 2.45) is 0 Å². The van der Waals surface area contributed by atoms with Crippen LogP contribution in [-0.2, 0) is 19.2 Å². The Kier molecular flexibility index (Phi) is 5.52. The first-order chi connectivity index (χ1) is 12.9. The molecule has 2 aliphatic heterocycles. The van der Waals surface area contributed by atoms with Crippen LogP contribution >= 0.6 is 24.0 Å². The molecule has 0 bridgehead atoms. The summed E-state index contributed by atoms with van der Waals surface area (Å²) in [4.78, 5) is 49.9. The van der Waals surface area contributed by atoms with Gasteiger partial charge in [0.1, 0.15) is 16.9 Å². The summed E-state index contributed by atoms with van der Waals surface area (Å²) in [5, 5.41) is 8.82. The summed E-state index contributed by atoms with van der Waals surface area (Å²) in [5.74, 6) is -3.12. The molecule has 3 rings (SSSR count). The zero-order chi connectivity index (χ0) is 19.6. The second-order valence-corrected chi connectivity index (χ2v) is 7.45. The minimum absolute atomic E-state index is 0.169. The number of hydrogen-bond donors (Lipinski definition) is 1. The Labute approximate surface area is 164 Å². The van der Waals surface area contributed by atoms with Crippen molar-refractivity contribution in [1.82, 2.24) is 9.80 Å². The number of hydrogen-bond acceptors (Lipinski definition) is 6. The average molecular weight is 402 g/mol. The van der Waals surface area contributed by atoms with Gasteiger partial charge in [-0.3, -0.25) is 29.0 Å². The molecular formula is C18H14N2O5S2. The van der Waals surface area contributed by atoms with Gasteiger partial charge in [0, 0.05) is 0 Å². The van der Waals surface area contributed by atoms with Crippen molar-refractivity contribution in [3.63, 3.8) is 0 Å². The quantitative estimate of drug-likeness (QED) is 0.455. The predicted molar refractivity (Wildman–Crippen MR) is 103 cm³/mol. The maximum atomic E-state index is 12.6. The van der Waals surface area contributed by atoms with Crippen molar-refractivity contribution in [1.29, 1.82) is 0 Å². The van der Waals surface area contributed by atoms with Crippen molar-refractivity contribution < 1.29 is 24.3 Å². The van der Waals surface area contributed by atoms with Gasteiger partial charge in [-0.25, -0.2) is 0 Å². The number of carboxylic acid groups (broad SMARTS) is 1. The fourth-order valence-corrected chi connectivity index (χ4v) is 4.05. The lowest BCUT2D eigenvalue weighted by Gasteiger charge is -2.20. The number of carbonyl (C=O) groups excluding carboxylic acids is 3. The van der Waals surface area contributed by atoms with Crippen molar-refractivity contribution in [2.75, 3.05) is 6.54 Å². The topological polar surface area (TPSA) is 95.0 Å². The van der Waals surface area contributed by atoms with Crippen LogP contribution in [0.15, 0.2) is 47.4 Å². The summed E-state index contributed by atoms with van der Waals surface area (Å²) in [6.07, 6.45) is 4.86. The van der Waals surface area contributed by atoms with E-state index in [1.54, 1.807) is 12.2 Å². The molecule has 7 nitrogen and oxygen atoms in total. The van der Waals surface area contributed by atoms with E-state index in [1.807, 2.05) is 36.4 Å². The van der Waals surface area contributed by atoms with E-state index in [-0.39, 0.29) is 10.7 Å². The molecule has 0 spiro atoms. The lowest BCUT2D eigenvalue weighted by molar-refractivity contribution is -0.149. The van der Waals surface area contributed by atoms with E-state index in [0.29, 0.717) is 9.81 Å². The molecule has 2 heterocycles. The highest BCUT2D eigenvalue weighted by Crippen LogP contribution is 2.35. The molecule has 0 saturated carbocycles. The summed E-state index contributed by atoms with van der Waals surface area (Å²) in [6.45, 7) is -0.724. The largest absolute Gasteiger partial charge is 0.480 e. The Morgan fingerprint density at radius 1 is 1.26 bits per heavy atom. The Morgan fingerprint density at radius 2 is 1.96 bits per heavy atom. The third kappa shape index (κ3) is 3.99. The van der Waals surface area contributed by atoms with Gasteiger partial charge in [-0.1, -0.05) is 66.5 Å². The maximum Gasteiger partial charge on any atom is 0.323 e. The molecule has 0 unspecified atom stereocenters. The normalized spacial score (nSPS) is 21.9. The zero-order valence-corrected chi connectivity index (χ0v) is 15.5.